The molecule has 0 aliphatic heterocycles. The third kappa shape index (κ3) is 4.12. The number of rotatable bonds is 5. The molecule has 7 atom stereocenters. The van der Waals surface area contributed by atoms with Gasteiger partial charge in [-0.1, -0.05) is 19.4 Å². The highest BCUT2D eigenvalue weighted by Crippen LogP contribution is 2.69. The van der Waals surface area contributed by atoms with Gasteiger partial charge in [0, 0.05) is 11.0 Å². The number of alkyl halides is 1. The summed E-state index contributed by atoms with van der Waals surface area (Å²) in [5, 5.41) is 16.2. The Bertz CT molecular complexity index is 1670. The average molecular weight is 623 g/mol. The zero-order chi connectivity index (χ0) is 31.0. The van der Waals surface area contributed by atoms with Gasteiger partial charge < -0.3 is 14.3 Å². The number of hydrogen-bond donors (Lipinski definition) is 1. The van der Waals surface area contributed by atoms with E-state index in [0.717, 1.165) is 29.8 Å². The number of carbonyl (C=O) groups is 2. The number of furan rings is 1. The molecular weight excluding hydrogens is 586 g/mol. The summed E-state index contributed by atoms with van der Waals surface area (Å²) >= 11 is 0.532. The molecule has 0 unspecified atom stereocenters. The highest BCUT2D eigenvalue weighted by atomic mass is 32.2. The number of ether oxygens (including phenoxy) is 1. The summed E-state index contributed by atoms with van der Waals surface area (Å²) in [6.45, 7) is 5.90. The Morgan fingerprint density at radius 1 is 1.20 bits per heavy atom. The summed E-state index contributed by atoms with van der Waals surface area (Å²) in [5.74, 6) is -1.02. The largest absolute Gasteiger partial charge is 0.457 e. The van der Waals surface area contributed by atoms with Crippen LogP contribution in [0.3, 0.4) is 0 Å². The van der Waals surface area contributed by atoms with E-state index >= 15 is 0 Å². The molecule has 1 N–H and O–H groups in total. The summed E-state index contributed by atoms with van der Waals surface area (Å²) < 4.78 is 40.6. The number of aryl methyl sites for hydroxylation is 1. The van der Waals surface area contributed by atoms with Crippen molar-refractivity contribution in [1.82, 2.24) is 9.78 Å². The van der Waals surface area contributed by atoms with Crippen molar-refractivity contribution in [3.05, 3.63) is 76.8 Å². The van der Waals surface area contributed by atoms with Gasteiger partial charge in [0.1, 0.15) is 11.8 Å². The van der Waals surface area contributed by atoms with E-state index in [4.69, 9.17) is 9.15 Å². The minimum atomic E-state index is -1.58. The molecule has 2 aromatic heterocycles. The molecule has 3 aromatic rings. The lowest BCUT2D eigenvalue weighted by Gasteiger charge is -2.60. The summed E-state index contributed by atoms with van der Waals surface area (Å²) in [6, 6.07) is 7.01. The van der Waals surface area contributed by atoms with Gasteiger partial charge in [0.05, 0.1) is 29.9 Å². The van der Waals surface area contributed by atoms with Gasteiger partial charge in [-0.2, -0.15) is 5.10 Å². The maximum atomic E-state index is 13.7. The second kappa shape index (κ2) is 10.4. The molecule has 7 rings (SSSR count). The van der Waals surface area contributed by atoms with Crippen LogP contribution >= 0.6 is 11.8 Å². The Labute approximate surface area is 259 Å². The number of fused-ring (bicyclic) bond motifs is 6. The van der Waals surface area contributed by atoms with E-state index in [1.807, 2.05) is 17.8 Å². The summed E-state index contributed by atoms with van der Waals surface area (Å²) in [5.41, 5.74) is 1.89. The lowest BCUT2D eigenvalue weighted by molar-refractivity contribution is -0.175. The highest BCUT2D eigenvalue weighted by molar-refractivity contribution is 8.13. The van der Waals surface area contributed by atoms with Gasteiger partial charge in [0.15, 0.2) is 5.60 Å². The second-order valence-corrected chi connectivity index (χ2v) is 14.3. The average Bonchev–Trinajstić information content (AvgIpc) is 3.67. The number of carbonyl (C=O) groups excluding carboxylic acids is 2. The van der Waals surface area contributed by atoms with Crippen molar-refractivity contribution >= 4 is 28.9 Å². The van der Waals surface area contributed by atoms with Gasteiger partial charge in [-0.05, 0) is 122 Å². The first-order valence-electron chi connectivity index (χ1n) is 15.2. The fourth-order valence-corrected chi connectivity index (χ4v) is 10.2. The van der Waals surface area contributed by atoms with Crippen molar-refractivity contribution in [2.45, 2.75) is 71.0 Å². The number of aliphatic hydroxyl groups is 1. The standard InChI is InChI=1S/C34H36F2N2O5S/c1-19-11-13-42-29(19)30(40)43-34(31(41)44-18-35)12-10-25-24-9-4-21-14-26-20(17-37-38(26)23-7-5-22(36)6-8-23)15-32(21,2)28(24)27(39)16-33(25,34)3/h5-8,11,13-14,17,24-25,27-28,39H,4,9-10,12,15-16,18H2,1-3H3/t24-,25-,27-,28+,32-,33-,34-/m0/s1. The van der Waals surface area contributed by atoms with Crippen LogP contribution in [0.4, 0.5) is 8.78 Å². The number of aliphatic hydroxyl groups excluding tert-OH is 1. The fourth-order valence-electron chi connectivity index (χ4n) is 9.46. The number of esters is 1. The zero-order valence-electron chi connectivity index (χ0n) is 25.0. The second-order valence-electron chi connectivity index (χ2n) is 13.5. The summed E-state index contributed by atoms with van der Waals surface area (Å²) in [7, 11) is 0. The number of aromatic nitrogens is 2. The van der Waals surface area contributed by atoms with E-state index in [1.54, 1.807) is 25.1 Å². The number of nitrogens with zero attached hydrogens (tertiary/aromatic N) is 2. The number of benzene rings is 1. The molecule has 1 aromatic carbocycles. The van der Waals surface area contributed by atoms with Crippen molar-refractivity contribution in [2.24, 2.45) is 28.6 Å². The molecule has 44 heavy (non-hydrogen) atoms. The van der Waals surface area contributed by atoms with Crippen molar-refractivity contribution < 1.29 is 32.6 Å². The topological polar surface area (TPSA) is 94.6 Å². The zero-order valence-corrected chi connectivity index (χ0v) is 25.8. The minimum absolute atomic E-state index is 0.00716. The van der Waals surface area contributed by atoms with Crippen LogP contribution in [0.1, 0.15) is 73.3 Å². The minimum Gasteiger partial charge on any atom is -0.457 e. The predicted molar refractivity (Wildman–Crippen MR) is 161 cm³/mol. The molecule has 3 fully saturated rings. The Hall–Kier alpha value is -3.24. The first kappa shape index (κ1) is 29.5. The SMILES string of the molecule is Cc1ccoc1C(=O)O[C@]1(C(=O)SCF)CC[C@H]2[C@@H]3CCC4=Cc5c(cnn5-c5ccc(F)cc5)C[C@]4(C)[C@H]3[C@@H](O)C[C@@]21C. The van der Waals surface area contributed by atoms with E-state index in [9.17, 15) is 23.5 Å². The molecule has 232 valence electrons. The normalized spacial score (nSPS) is 33.9. The lowest BCUT2D eigenvalue weighted by Crippen LogP contribution is -2.62. The molecule has 4 aliphatic carbocycles. The first-order chi connectivity index (χ1) is 21.0. The van der Waals surface area contributed by atoms with Gasteiger partial charge in [0.25, 0.3) is 0 Å². The van der Waals surface area contributed by atoms with Crippen LogP contribution in [0.25, 0.3) is 11.8 Å². The number of halogens is 2. The van der Waals surface area contributed by atoms with Gasteiger partial charge in [-0.25, -0.2) is 18.3 Å². The molecule has 0 saturated heterocycles. The predicted octanol–water partition coefficient (Wildman–Crippen LogP) is 6.85. The Morgan fingerprint density at radius 3 is 2.68 bits per heavy atom. The van der Waals surface area contributed by atoms with Gasteiger partial charge >= 0.3 is 5.97 Å². The monoisotopic (exact) mass is 622 g/mol. The van der Waals surface area contributed by atoms with E-state index in [1.165, 1.54) is 24.0 Å². The van der Waals surface area contributed by atoms with E-state index in [0.29, 0.717) is 30.2 Å². The molecule has 10 heteroatoms. The van der Waals surface area contributed by atoms with Crippen LogP contribution in [-0.2, 0) is 16.0 Å². The molecule has 0 radical (unpaired) electrons. The Balaban J connectivity index is 1.23. The maximum Gasteiger partial charge on any atom is 0.375 e. The van der Waals surface area contributed by atoms with E-state index in [-0.39, 0.29) is 47.6 Å². The van der Waals surface area contributed by atoms with Gasteiger partial charge in [0.2, 0.25) is 10.9 Å². The first-order valence-corrected chi connectivity index (χ1v) is 16.2. The van der Waals surface area contributed by atoms with Crippen LogP contribution in [-0.4, -0.2) is 43.7 Å². The number of thioether (sulfide) groups is 1. The molecule has 3 saturated carbocycles. The summed E-state index contributed by atoms with van der Waals surface area (Å²) in [6.07, 6.45) is 8.18. The number of allylic oxidation sites excluding steroid dienone is 1. The molecule has 2 heterocycles. The molecule has 7 nitrogen and oxygen atoms in total. The van der Waals surface area contributed by atoms with E-state index in [2.05, 4.69) is 18.1 Å². The Kier molecular flexibility index (Phi) is 6.97. The summed E-state index contributed by atoms with van der Waals surface area (Å²) in [4.78, 5) is 27.1. The van der Waals surface area contributed by atoms with Crippen molar-refractivity contribution in [3.63, 3.8) is 0 Å². The van der Waals surface area contributed by atoms with Gasteiger partial charge in [-0.15, -0.1) is 0 Å². The molecule has 4 aliphatic rings. The van der Waals surface area contributed by atoms with Crippen molar-refractivity contribution in [3.8, 4) is 5.69 Å². The molecule has 0 amide bonds. The smallest absolute Gasteiger partial charge is 0.375 e. The maximum absolute atomic E-state index is 13.7. The highest BCUT2D eigenvalue weighted by Gasteiger charge is 2.71. The number of hydrogen-bond acceptors (Lipinski definition) is 7. The third-order valence-corrected chi connectivity index (χ3v) is 12.1. The van der Waals surface area contributed by atoms with Crippen LogP contribution in [0.5, 0.6) is 0 Å². The third-order valence-electron chi connectivity index (χ3n) is 11.4. The quantitative estimate of drug-likeness (QED) is 0.311. The Morgan fingerprint density at radius 2 is 1.98 bits per heavy atom. The van der Waals surface area contributed by atoms with Crippen molar-refractivity contribution in [2.75, 3.05) is 6.01 Å². The van der Waals surface area contributed by atoms with Crippen LogP contribution in [0.15, 0.2) is 52.8 Å². The lowest BCUT2D eigenvalue weighted by atomic mass is 9.45. The molecule has 0 bridgehead atoms. The van der Waals surface area contributed by atoms with Crippen LogP contribution < -0.4 is 0 Å². The fraction of sp³-hybridized carbons (Fsp3) is 0.500. The van der Waals surface area contributed by atoms with Crippen molar-refractivity contribution in [1.29, 1.82) is 0 Å². The van der Waals surface area contributed by atoms with Gasteiger partial charge in [-0.3, -0.25) is 4.79 Å². The molecule has 0 spiro atoms. The van der Waals surface area contributed by atoms with Crippen LogP contribution in [0, 0.1) is 41.3 Å². The molecular formula is C34H36F2N2O5S. The van der Waals surface area contributed by atoms with E-state index < -0.39 is 34.2 Å². The van der Waals surface area contributed by atoms with Crippen LogP contribution in [0.2, 0.25) is 0 Å².